The van der Waals surface area contributed by atoms with Gasteiger partial charge in [-0.1, -0.05) is 50.2 Å². The first kappa shape index (κ1) is 18.7. The highest BCUT2D eigenvalue weighted by Gasteiger charge is 2.23. The molecule has 0 spiro atoms. The Morgan fingerprint density at radius 3 is 2.33 bits per heavy atom. The number of carbonyl (C=O) groups is 2. The molecule has 0 aliphatic rings. The molecule has 0 bridgehead atoms. The molecule has 3 rings (SSSR count). The molecule has 0 fully saturated rings. The quantitative estimate of drug-likeness (QED) is 0.617. The number of methoxy groups -OCH3 is 1. The van der Waals surface area contributed by atoms with Crippen molar-refractivity contribution < 1.29 is 19.1 Å². The Kier molecular flexibility index (Phi) is 5.31. The van der Waals surface area contributed by atoms with Crippen LogP contribution in [0.5, 0.6) is 5.75 Å². The molecule has 1 atom stereocenters. The van der Waals surface area contributed by atoms with Crippen molar-refractivity contribution in [1.82, 2.24) is 4.57 Å². The summed E-state index contributed by atoms with van der Waals surface area (Å²) in [6.45, 7) is 5.87. The van der Waals surface area contributed by atoms with E-state index in [1.165, 1.54) is 17.9 Å². The van der Waals surface area contributed by atoms with Crippen LogP contribution in [0.15, 0.2) is 54.7 Å². The van der Waals surface area contributed by atoms with Gasteiger partial charge >= 0.3 is 5.97 Å². The lowest BCUT2D eigenvalue weighted by molar-refractivity contribution is 0.0602. The van der Waals surface area contributed by atoms with Gasteiger partial charge in [-0.15, -0.1) is 0 Å². The Bertz CT molecular complexity index is 987. The third-order valence-electron chi connectivity index (χ3n) is 4.55. The molecule has 1 aromatic heterocycles. The van der Waals surface area contributed by atoms with Crippen LogP contribution < -0.4 is 4.74 Å². The minimum absolute atomic E-state index is 0.250. The largest absolute Gasteiger partial charge is 0.481 e. The molecule has 0 saturated carbocycles. The molecule has 0 radical (unpaired) electrons. The average Bonchev–Trinajstić information content (AvgIpc) is 3.06. The lowest BCUT2D eigenvalue weighted by atomic mass is 10.0. The minimum Gasteiger partial charge on any atom is -0.481 e. The van der Waals surface area contributed by atoms with E-state index in [1.54, 1.807) is 19.1 Å². The maximum atomic E-state index is 13.1. The van der Waals surface area contributed by atoms with E-state index < -0.39 is 12.1 Å². The summed E-state index contributed by atoms with van der Waals surface area (Å²) in [6.07, 6.45) is 0.804. The molecule has 0 aliphatic carbocycles. The van der Waals surface area contributed by atoms with Crippen molar-refractivity contribution in [2.45, 2.75) is 32.8 Å². The minimum atomic E-state index is -0.716. The van der Waals surface area contributed by atoms with Crippen molar-refractivity contribution in [1.29, 1.82) is 0 Å². The highest BCUT2D eigenvalue weighted by atomic mass is 16.5. The van der Waals surface area contributed by atoms with Gasteiger partial charge in [0.2, 0.25) is 0 Å². The van der Waals surface area contributed by atoms with Gasteiger partial charge in [0.05, 0.1) is 18.2 Å². The van der Waals surface area contributed by atoms with Crippen molar-refractivity contribution in [3.63, 3.8) is 0 Å². The van der Waals surface area contributed by atoms with Gasteiger partial charge in [-0.25, -0.2) is 4.79 Å². The molecular formula is C22H23NO4. The van der Waals surface area contributed by atoms with E-state index in [9.17, 15) is 9.59 Å². The highest BCUT2D eigenvalue weighted by molar-refractivity contribution is 6.07. The van der Waals surface area contributed by atoms with Crippen LogP contribution >= 0.6 is 0 Å². The summed E-state index contributed by atoms with van der Waals surface area (Å²) in [5.74, 6) is 0.247. The van der Waals surface area contributed by atoms with Gasteiger partial charge in [-0.2, -0.15) is 0 Å². The fourth-order valence-corrected chi connectivity index (χ4v) is 3.14. The summed E-state index contributed by atoms with van der Waals surface area (Å²) >= 11 is 0. The number of rotatable bonds is 5. The predicted molar refractivity (Wildman–Crippen MR) is 105 cm³/mol. The van der Waals surface area contributed by atoms with E-state index in [0.717, 1.165) is 5.56 Å². The predicted octanol–water partition coefficient (Wildman–Crippen LogP) is 4.66. The molecule has 2 aromatic carbocycles. The van der Waals surface area contributed by atoms with Gasteiger partial charge in [0.25, 0.3) is 5.91 Å². The van der Waals surface area contributed by atoms with Crippen LogP contribution in [0.25, 0.3) is 10.9 Å². The molecular weight excluding hydrogens is 342 g/mol. The summed E-state index contributed by atoms with van der Waals surface area (Å²) in [5.41, 5.74) is 2.05. The number of benzene rings is 2. The van der Waals surface area contributed by atoms with Gasteiger partial charge < -0.3 is 9.47 Å². The zero-order valence-electron chi connectivity index (χ0n) is 15.9. The molecule has 27 heavy (non-hydrogen) atoms. The van der Waals surface area contributed by atoms with Crippen LogP contribution in [-0.4, -0.2) is 29.7 Å². The average molecular weight is 365 g/mol. The van der Waals surface area contributed by atoms with Gasteiger partial charge in [-0.05, 0) is 30.5 Å². The number of para-hydroxylation sites is 2. The standard InChI is InChI=1S/C22H23NO4/c1-14(2)16-9-6-8-12-20(16)27-15(3)21(24)23-13-18(22(25)26-4)17-10-5-7-11-19(17)23/h5-15H,1-4H3. The molecule has 0 saturated heterocycles. The summed E-state index contributed by atoms with van der Waals surface area (Å²) < 4.78 is 12.3. The fraction of sp³-hybridized carbons (Fsp3) is 0.273. The van der Waals surface area contributed by atoms with Crippen LogP contribution in [0.3, 0.4) is 0 Å². The molecule has 1 unspecified atom stereocenters. The zero-order valence-corrected chi connectivity index (χ0v) is 15.9. The summed E-state index contributed by atoms with van der Waals surface area (Å²) in [5, 5.41) is 0.674. The Labute approximate surface area is 158 Å². The molecule has 5 heteroatoms. The van der Waals surface area contributed by atoms with Crippen molar-refractivity contribution in [3.8, 4) is 5.75 Å². The van der Waals surface area contributed by atoms with Crippen molar-refractivity contribution >= 4 is 22.8 Å². The Balaban J connectivity index is 1.96. The Hall–Kier alpha value is -3.08. The van der Waals surface area contributed by atoms with Crippen LogP contribution in [0.2, 0.25) is 0 Å². The SMILES string of the molecule is COC(=O)c1cn(C(=O)C(C)Oc2ccccc2C(C)C)c2ccccc12. The third-order valence-corrected chi connectivity index (χ3v) is 4.55. The molecule has 0 aliphatic heterocycles. The van der Waals surface area contributed by atoms with Crippen LogP contribution in [-0.2, 0) is 4.74 Å². The Morgan fingerprint density at radius 2 is 1.63 bits per heavy atom. The smallest absolute Gasteiger partial charge is 0.340 e. The molecule has 3 aromatic rings. The van der Waals surface area contributed by atoms with E-state index in [4.69, 9.17) is 9.47 Å². The number of ether oxygens (including phenoxy) is 2. The summed E-state index contributed by atoms with van der Waals surface area (Å²) in [4.78, 5) is 25.1. The van der Waals surface area contributed by atoms with Gasteiger partial charge in [0, 0.05) is 11.6 Å². The third kappa shape index (κ3) is 3.58. The Morgan fingerprint density at radius 1 is 0.963 bits per heavy atom. The molecule has 5 nitrogen and oxygen atoms in total. The highest BCUT2D eigenvalue weighted by Crippen LogP contribution is 2.28. The number of hydrogen-bond acceptors (Lipinski definition) is 4. The number of carbonyl (C=O) groups excluding carboxylic acids is 2. The topological polar surface area (TPSA) is 57.5 Å². The van der Waals surface area contributed by atoms with Crippen LogP contribution in [0.4, 0.5) is 0 Å². The van der Waals surface area contributed by atoms with Crippen molar-refractivity contribution in [2.75, 3.05) is 7.11 Å². The van der Waals surface area contributed by atoms with Gasteiger partial charge in [0.1, 0.15) is 5.75 Å². The maximum Gasteiger partial charge on any atom is 0.340 e. The van der Waals surface area contributed by atoms with E-state index >= 15 is 0 Å². The van der Waals surface area contributed by atoms with Crippen LogP contribution in [0.1, 0.15) is 47.4 Å². The number of nitrogens with zero attached hydrogens (tertiary/aromatic N) is 1. The van der Waals surface area contributed by atoms with E-state index in [1.807, 2.05) is 36.4 Å². The first-order valence-electron chi connectivity index (χ1n) is 8.92. The van der Waals surface area contributed by atoms with Gasteiger partial charge in [0.15, 0.2) is 6.10 Å². The number of hydrogen-bond donors (Lipinski definition) is 0. The summed E-state index contributed by atoms with van der Waals surface area (Å²) in [6, 6.07) is 15.0. The second kappa shape index (κ2) is 7.66. The number of esters is 1. The molecule has 0 amide bonds. The number of aromatic nitrogens is 1. The normalized spacial score (nSPS) is 12.2. The second-order valence-corrected chi connectivity index (χ2v) is 6.71. The van der Waals surface area contributed by atoms with E-state index in [0.29, 0.717) is 22.2 Å². The first-order chi connectivity index (χ1) is 12.9. The molecule has 140 valence electrons. The lowest BCUT2D eigenvalue weighted by Gasteiger charge is -2.18. The van der Waals surface area contributed by atoms with Crippen molar-refractivity contribution in [2.24, 2.45) is 0 Å². The zero-order chi connectivity index (χ0) is 19.6. The molecule has 0 N–H and O–H groups in total. The van der Waals surface area contributed by atoms with E-state index in [-0.39, 0.29) is 11.8 Å². The first-order valence-corrected chi connectivity index (χ1v) is 8.92. The van der Waals surface area contributed by atoms with Gasteiger partial charge in [-0.3, -0.25) is 9.36 Å². The lowest BCUT2D eigenvalue weighted by Crippen LogP contribution is -2.29. The number of fused-ring (bicyclic) bond motifs is 1. The van der Waals surface area contributed by atoms with Crippen molar-refractivity contribution in [3.05, 3.63) is 65.9 Å². The van der Waals surface area contributed by atoms with E-state index in [2.05, 4.69) is 13.8 Å². The second-order valence-electron chi connectivity index (χ2n) is 6.71. The monoisotopic (exact) mass is 365 g/mol. The summed E-state index contributed by atoms with van der Waals surface area (Å²) in [7, 11) is 1.32. The maximum absolute atomic E-state index is 13.1. The van der Waals surface area contributed by atoms with Crippen LogP contribution in [0, 0.1) is 0 Å². The fourth-order valence-electron chi connectivity index (χ4n) is 3.14. The molecule has 1 heterocycles.